The highest BCUT2D eigenvalue weighted by atomic mass is 32.1. The summed E-state index contributed by atoms with van der Waals surface area (Å²) in [4.78, 5) is 12.9. The number of aromatic nitrogens is 3. The van der Waals surface area contributed by atoms with Crippen molar-refractivity contribution < 1.29 is 0 Å². The van der Waals surface area contributed by atoms with Crippen LogP contribution in [-0.4, -0.2) is 15.0 Å². The molecule has 0 N–H and O–H groups in total. The van der Waals surface area contributed by atoms with Crippen molar-refractivity contribution in [3.05, 3.63) is 42.0 Å². The third kappa shape index (κ3) is 1.49. The largest absolute Gasteiger partial charge is 0.243 e. The highest BCUT2D eigenvalue weighted by molar-refractivity contribution is 7.13. The van der Waals surface area contributed by atoms with Crippen LogP contribution in [0.15, 0.2) is 42.0 Å². The lowest BCUT2D eigenvalue weighted by Crippen LogP contribution is -1.86. The standard InChI is InChI=1S/C11H7N3S/c1-2-8-3-4-9(11-13-6-7-15-11)14-10(8)12-5-1/h1-7H. The van der Waals surface area contributed by atoms with Crippen LogP contribution in [0.25, 0.3) is 21.7 Å². The smallest absolute Gasteiger partial charge is 0.159 e. The van der Waals surface area contributed by atoms with Gasteiger partial charge in [-0.05, 0) is 24.3 Å². The molecule has 3 nitrogen and oxygen atoms in total. The van der Waals surface area contributed by atoms with Crippen molar-refractivity contribution in [1.82, 2.24) is 15.0 Å². The zero-order valence-electron chi connectivity index (χ0n) is 7.79. The van der Waals surface area contributed by atoms with Gasteiger partial charge in [0.05, 0.1) is 0 Å². The molecule has 4 heteroatoms. The molecule has 0 radical (unpaired) electrons. The van der Waals surface area contributed by atoms with E-state index in [1.165, 1.54) is 0 Å². The lowest BCUT2D eigenvalue weighted by molar-refractivity contribution is 1.27. The molecule has 0 aromatic carbocycles. The summed E-state index contributed by atoms with van der Waals surface area (Å²) < 4.78 is 0. The maximum Gasteiger partial charge on any atom is 0.159 e. The van der Waals surface area contributed by atoms with Crippen LogP contribution in [0.1, 0.15) is 0 Å². The predicted molar refractivity (Wildman–Crippen MR) is 60.6 cm³/mol. The van der Waals surface area contributed by atoms with Crippen molar-refractivity contribution in [3.63, 3.8) is 0 Å². The third-order valence-corrected chi connectivity index (χ3v) is 2.91. The summed E-state index contributed by atoms with van der Waals surface area (Å²) >= 11 is 1.58. The normalized spacial score (nSPS) is 10.7. The minimum atomic E-state index is 0.769. The molecular weight excluding hydrogens is 206 g/mol. The van der Waals surface area contributed by atoms with E-state index in [1.807, 2.05) is 29.6 Å². The van der Waals surface area contributed by atoms with E-state index in [1.54, 1.807) is 23.7 Å². The first-order valence-corrected chi connectivity index (χ1v) is 5.43. The first kappa shape index (κ1) is 8.49. The van der Waals surface area contributed by atoms with Crippen LogP contribution in [0, 0.1) is 0 Å². The molecule has 3 heterocycles. The summed E-state index contributed by atoms with van der Waals surface area (Å²) in [7, 11) is 0. The number of thiazole rings is 1. The summed E-state index contributed by atoms with van der Waals surface area (Å²) in [5, 5.41) is 3.93. The Morgan fingerprint density at radius 2 is 2.00 bits per heavy atom. The highest BCUT2D eigenvalue weighted by Crippen LogP contribution is 2.21. The van der Waals surface area contributed by atoms with Crippen LogP contribution >= 0.6 is 11.3 Å². The molecule has 3 rings (SSSR count). The molecule has 0 spiro atoms. The quantitative estimate of drug-likeness (QED) is 0.624. The lowest BCUT2D eigenvalue weighted by Gasteiger charge is -1.98. The second-order valence-corrected chi connectivity index (χ2v) is 3.98. The van der Waals surface area contributed by atoms with E-state index in [0.717, 1.165) is 21.7 Å². The molecule has 0 amide bonds. The fourth-order valence-electron chi connectivity index (χ4n) is 1.42. The number of rotatable bonds is 1. The number of pyridine rings is 2. The zero-order chi connectivity index (χ0) is 10.1. The predicted octanol–water partition coefficient (Wildman–Crippen LogP) is 2.75. The molecule has 0 aliphatic carbocycles. The maximum absolute atomic E-state index is 4.45. The second-order valence-electron chi connectivity index (χ2n) is 3.08. The van der Waals surface area contributed by atoms with Gasteiger partial charge in [0.2, 0.25) is 0 Å². The Morgan fingerprint density at radius 1 is 1.00 bits per heavy atom. The molecule has 0 atom stereocenters. The van der Waals surface area contributed by atoms with Gasteiger partial charge in [-0.2, -0.15) is 0 Å². The number of fused-ring (bicyclic) bond motifs is 1. The summed E-state index contributed by atoms with van der Waals surface area (Å²) in [6, 6.07) is 7.91. The van der Waals surface area contributed by atoms with Gasteiger partial charge in [-0.1, -0.05) is 0 Å². The van der Waals surface area contributed by atoms with E-state index >= 15 is 0 Å². The van der Waals surface area contributed by atoms with Gasteiger partial charge >= 0.3 is 0 Å². The van der Waals surface area contributed by atoms with Crippen molar-refractivity contribution in [2.75, 3.05) is 0 Å². The van der Waals surface area contributed by atoms with Gasteiger partial charge in [-0.3, -0.25) is 0 Å². The molecule has 0 bridgehead atoms. The molecule has 72 valence electrons. The Bertz CT molecular complexity index is 590. The summed E-state index contributed by atoms with van der Waals surface area (Å²) in [5.74, 6) is 0. The maximum atomic E-state index is 4.45. The summed E-state index contributed by atoms with van der Waals surface area (Å²) in [6.45, 7) is 0. The molecule has 3 aromatic rings. The van der Waals surface area contributed by atoms with Crippen molar-refractivity contribution in [2.45, 2.75) is 0 Å². The molecule has 15 heavy (non-hydrogen) atoms. The Morgan fingerprint density at radius 3 is 2.87 bits per heavy atom. The topological polar surface area (TPSA) is 38.7 Å². The van der Waals surface area contributed by atoms with Crippen molar-refractivity contribution in [3.8, 4) is 10.7 Å². The molecule has 0 saturated heterocycles. The second kappa shape index (κ2) is 3.40. The Labute approximate surface area is 90.5 Å². The fourth-order valence-corrected chi connectivity index (χ4v) is 2.03. The van der Waals surface area contributed by atoms with Crippen LogP contribution in [0.4, 0.5) is 0 Å². The molecule has 0 aliphatic rings. The van der Waals surface area contributed by atoms with E-state index in [9.17, 15) is 0 Å². The van der Waals surface area contributed by atoms with Crippen LogP contribution in [-0.2, 0) is 0 Å². The van der Waals surface area contributed by atoms with Crippen LogP contribution in [0.5, 0.6) is 0 Å². The summed E-state index contributed by atoms with van der Waals surface area (Å²) in [5.41, 5.74) is 1.65. The van der Waals surface area contributed by atoms with Crippen molar-refractivity contribution in [2.24, 2.45) is 0 Å². The SMILES string of the molecule is c1cnc2nc(-c3nccs3)ccc2c1. The first-order valence-electron chi connectivity index (χ1n) is 4.55. The number of nitrogens with zero attached hydrogens (tertiary/aromatic N) is 3. The Kier molecular flexibility index (Phi) is 1.93. The number of hydrogen-bond donors (Lipinski definition) is 0. The number of hydrogen-bond acceptors (Lipinski definition) is 4. The highest BCUT2D eigenvalue weighted by Gasteiger charge is 2.03. The Hall–Kier alpha value is -1.81. The molecule has 0 saturated carbocycles. The van der Waals surface area contributed by atoms with Gasteiger partial charge in [0.15, 0.2) is 5.65 Å². The van der Waals surface area contributed by atoms with Crippen LogP contribution < -0.4 is 0 Å². The van der Waals surface area contributed by atoms with Crippen molar-refractivity contribution >= 4 is 22.4 Å². The van der Waals surface area contributed by atoms with Gasteiger partial charge in [-0.15, -0.1) is 11.3 Å². The van der Waals surface area contributed by atoms with Crippen molar-refractivity contribution in [1.29, 1.82) is 0 Å². The Balaban J connectivity index is 2.22. The minimum Gasteiger partial charge on any atom is -0.243 e. The van der Waals surface area contributed by atoms with E-state index in [2.05, 4.69) is 15.0 Å². The molecular formula is C11H7N3S. The fraction of sp³-hybridized carbons (Fsp3) is 0. The van der Waals surface area contributed by atoms with Gasteiger partial charge in [0.1, 0.15) is 10.7 Å². The molecule has 0 aliphatic heterocycles. The van der Waals surface area contributed by atoms with Gasteiger partial charge < -0.3 is 0 Å². The van der Waals surface area contributed by atoms with Crippen LogP contribution in [0.3, 0.4) is 0 Å². The minimum absolute atomic E-state index is 0.769. The van der Waals surface area contributed by atoms with E-state index in [4.69, 9.17) is 0 Å². The van der Waals surface area contributed by atoms with E-state index < -0.39 is 0 Å². The molecule has 0 unspecified atom stereocenters. The lowest BCUT2D eigenvalue weighted by atomic mass is 10.2. The average Bonchev–Trinajstić information content (AvgIpc) is 2.82. The third-order valence-electron chi connectivity index (χ3n) is 2.12. The van der Waals surface area contributed by atoms with Gasteiger partial charge in [-0.25, -0.2) is 15.0 Å². The summed E-state index contributed by atoms with van der Waals surface area (Å²) in [6.07, 6.45) is 3.53. The zero-order valence-corrected chi connectivity index (χ0v) is 8.61. The van der Waals surface area contributed by atoms with Gasteiger partial charge in [0.25, 0.3) is 0 Å². The first-order chi connectivity index (χ1) is 7.43. The van der Waals surface area contributed by atoms with E-state index in [0.29, 0.717) is 0 Å². The molecule has 3 aromatic heterocycles. The monoisotopic (exact) mass is 213 g/mol. The average molecular weight is 213 g/mol. The molecule has 0 fully saturated rings. The van der Waals surface area contributed by atoms with E-state index in [-0.39, 0.29) is 0 Å². The van der Waals surface area contributed by atoms with Gasteiger partial charge in [0, 0.05) is 23.2 Å². The van der Waals surface area contributed by atoms with Crippen LogP contribution in [0.2, 0.25) is 0 Å².